The summed E-state index contributed by atoms with van der Waals surface area (Å²) in [6.07, 6.45) is 4.27. The second kappa shape index (κ2) is 3.35. The Morgan fingerprint density at radius 1 is 1.30 bits per heavy atom. The van der Waals surface area contributed by atoms with Crippen LogP contribution in [0.3, 0.4) is 0 Å². The van der Waals surface area contributed by atoms with E-state index in [4.69, 9.17) is 5.73 Å². The van der Waals surface area contributed by atoms with Gasteiger partial charge in [0.05, 0.1) is 6.10 Å². The van der Waals surface area contributed by atoms with Gasteiger partial charge in [-0.05, 0) is 38.5 Å². The molecule has 0 aromatic rings. The van der Waals surface area contributed by atoms with Crippen molar-refractivity contribution in [3.63, 3.8) is 0 Å². The largest absolute Gasteiger partial charge is 0.393 e. The Kier molecular flexibility index (Phi) is 2.69. The van der Waals surface area contributed by atoms with Crippen molar-refractivity contribution < 1.29 is 5.11 Å². The van der Waals surface area contributed by atoms with Gasteiger partial charge in [-0.1, -0.05) is 0 Å². The molecule has 1 aliphatic rings. The van der Waals surface area contributed by atoms with Gasteiger partial charge in [0.25, 0.3) is 0 Å². The fraction of sp³-hybridized carbons (Fsp3) is 1.00. The van der Waals surface area contributed by atoms with Crippen molar-refractivity contribution in [2.45, 2.75) is 44.8 Å². The van der Waals surface area contributed by atoms with Crippen LogP contribution < -0.4 is 5.73 Å². The first-order valence-corrected chi connectivity index (χ1v) is 4.14. The Morgan fingerprint density at radius 3 is 2.20 bits per heavy atom. The van der Waals surface area contributed by atoms with E-state index in [-0.39, 0.29) is 6.10 Å². The van der Waals surface area contributed by atoms with E-state index in [1.54, 1.807) is 0 Å². The topological polar surface area (TPSA) is 46.2 Å². The molecule has 2 heteroatoms. The monoisotopic (exact) mass is 143 g/mol. The molecular formula is C8H17NO. The molecule has 1 fully saturated rings. The number of aliphatic hydroxyl groups excluding tert-OH is 1. The fourth-order valence-corrected chi connectivity index (χ4v) is 1.63. The first-order valence-electron chi connectivity index (χ1n) is 4.14. The van der Waals surface area contributed by atoms with Crippen LogP contribution in [0.4, 0.5) is 0 Å². The first-order chi connectivity index (χ1) is 4.70. The zero-order valence-electron chi connectivity index (χ0n) is 6.59. The summed E-state index contributed by atoms with van der Waals surface area (Å²) in [6, 6.07) is 0.398. The third-order valence-electron chi connectivity index (χ3n) is 2.50. The van der Waals surface area contributed by atoms with E-state index in [0.29, 0.717) is 12.0 Å². The highest BCUT2D eigenvalue weighted by Crippen LogP contribution is 2.25. The minimum Gasteiger partial charge on any atom is -0.393 e. The highest BCUT2D eigenvalue weighted by molar-refractivity contribution is 4.76. The molecule has 0 spiro atoms. The predicted octanol–water partition coefficient (Wildman–Crippen LogP) is 0.885. The molecule has 2 nitrogen and oxygen atoms in total. The molecule has 10 heavy (non-hydrogen) atoms. The molecule has 0 amide bonds. The minimum absolute atomic E-state index is 0.132. The maximum absolute atomic E-state index is 9.22. The van der Waals surface area contributed by atoms with Crippen molar-refractivity contribution >= 4 is 0 Å². The molecule has 3 N–H and O–H groups in total. The van der Waals surface area contributed by atoms with E-state index >= 15 is 0 Å². The van der Waals surface area contributed by atoms with Crippen LogP contribution in [0.25, 0.3) is 0 Å². The summed E-state index contributed by atoms with van der Waals surface area (Å²) in [5, 5.41) is 9.22. The van der Waals surface area contributed by atoms with Crippen LogP contribution in [-0.4, -0.2) is 17.3 Å². The van der Waals surface area contributed by atoms with Crippen molar-refractivity contribution in [1.82, 2.24) is 0 Å². The molecule has 1 atom stereocenters. The third-order valence-corrected chi connectivity index (χ3v) is 2.50. The Bertz CT molecular complexity index is 95.4. The van der Waals surface area contributed by atoms with Crippen molar-refractivity contribution in [3.8, 4) is 0 Å². The molecule has 60 valence electrons. The molecular weight excluding hydrogens is 126 g/mol. The van der Waals surface area contributed by atoms with Crippen LogP contribution in [0.5, 0.6) is 0 Å². The summed E-state index contributed by atoms with van der Waals surface area (Å²) in [7, 11) is 0. The molecule has 0 aromatic carbocycles. The normalized spacial score (nSPS) is 37.5. The van der Waals surface area contributed by atoms with Crippen LogP contribution in [0, 0.1) is 5.92 Å². The molecule has 0 heterocycles. The molecule has 0 bridgehead atoms. The van der Waals surface area contributed by atoms with Gasteiger partial charge in [0.1, 0.15) is 0 Å². The molecule has 0 radical (unpaired) electrons. The lowest BCUT2D eigenvalue weighted by molar-refractivity contribution is 0.0972. The van der Waals surface area contributed by atoms with Gasteiger partial charge in [-0.15, -0.1) is 0 Å². The van der Waals surface area contributed by atoms with Gasteiger partial charge in [0.15, 0.2) is 0 Å². The van der Waals surface area contributed by atoms with Crippen LogP contribution >= 0.6 is 0 Å². The van der Waals surface area contributed by atoms with Crippen molar-refractivity contribution in [2.75, 3.05) is 0 Å². The number of rotatable bonds is 1. The zero-order chi connectivity index (χ0) is 7.56. The second-order valence-electron chi connectivity index (χ2n) is 3.42. The zero-order valence-corrected chi connectivity index (χ0v) is 6.59. The average Bonchev–Trinajstić information content (AvgIpc) is 1.88. The Balaban J connectivity index is 2.26. The van der Waals surface area contributed by atoms with E-state index in [1.165, 1.54) is 0 Å². The first kappa shape index (κ1) is 8.02. The summed E-state index contributed by atoms with van der Waals surface area (Å²) < 4.78 is 0. The van der Waals surface area contributed by atoms with Gasteiger partial charge in [-0.25, -0.2) is 0 Å². The lowest BCUT2D eigenvalue weighted by atomic mass is 9.84. The average molecular weight is 143 g/mol. The van der Waals surface area contributed by atoms with Crippen molar-refractivity contribution in [2.24, 2.45) is 11.7 Å². The summed E-state index contributed by atoms with van der Waals surface area (Å²) >= 11 is 0. The SMILES string of the molecule is C[C@H](O)C1CCC(N)CC1. The van der Waals surface area contributed by atoms with Crippen molar-refractivity contribution in [1.29, 1.82) is 0 Å². The lowest BCUT2D eigenvalue weighted by Gasteiger charge is -2.27. The Labute approximate surface area is 62.4 Å². The van der Waals surface area contributed by atoms with E-state index in [2.05, 4.69) is 0 Å². The summed E-state index contributed by atoms with van der Waals surface area (Å²) in [5.74, 6) is 0.514. The Hall–Kier alpha value is -0.0800. The maximum Gasteiger partial charge on any atom is 0.0540 e. The standard InChI is InChI=1S/C8H17NO/c1-6(10)7-2-4-8(9)5-3-7/h6-8,10H,2-5,9H2,1H3/t6-,7?,8?/m0/s1. The molecule has 0 aromatic heterocycles. The highest BCUT2D eigenvalue weighted by Gasteiger charge is 2.21. The summed E-state index contributed by atoms with van der Waals surface area (Å²) in [6.45, 7) is 1.88. The summed E-state index contributed by atoms with van der Waals surface area (Å²) in [4.78, 5) is 0. The van der Waals surface area contributed by atoms with Crippen LogP contribution in [0.2, 0.25) is 0 Å². The minimum atomic E-state index is -0.132. The number of aliphatic hydroxyl groups is 1. The lowest BCUT2D eigenvalue weighted by Crippen LogP contribution is -2.30. The van der Waals surface area contributed by atoms with E-state index in [0.717, 1.165) is 25.7 Å². The van der Waals surface area contributed by atoms with Gasteiger partial charge in [-0.3, -0.25) is 0 Å². The molecule has 1 rings (SSSR count). The predicted molar refractivity (Wildman–Crippen MR) is 41.6 cm³/mol. The number of nitrogens with two attached hydrogens (primary N) is 1. The van der Waals surface area contributed by atoms with Crippen molar-refractivity contribution in [3.05, 3.63) is 0 Å². The smallest absolute Gasteiger partial charge is 0.0540 e. The molecule has 0 aliphatic heterocycles. The molecule has 0 saturated heterocycles. The Morgan fingerprint density at radius 2 is 1.80 bits per heavy atom. The van der Waals surface area contributed by atoms with Crippen LogP contribution in [-0.2, 0) is 0 Å². The summed E-state index contributed by atoms with van der Waals surface area (Å²) in [5.41, 5.74) is 5.72. The van der Waals surface area contributed by atoms with E-state index in [1.807, 2.05) is 6.92 Å². The van der Waals surface area contributed by atoms with Gasteiger partial charge < -0.3 is 10.8 Å². The fourth-order valence-electron chi connectivity index (χ4n) is 1.63. The molecule has 1 aliphatic carbocycles. The second-order valence-corrected chi connectivity index (χ2v) is 3.42. The molecule has 1 saturated carbocycles. The van der Waals surface area contributed by atoms with Gasteiger partial charge in [-0.2, -0.15) is 0 Å². The van der Waals surface area contributed by atoms with Gasteiger partial charge in [0, 0.05) is 6.04 Å². The maximum atomic E-state index is 9.22. The third kappa shape index (κ3) is 1.96. The quantitative estimate of drug-likeness (QED) is 0.572. The van der Waals surface area contributed by atoms with Gasteiger partial charge in [0.2, 0.25) is 0 Å². The van der Waals surface area contributed by atoms with Crippen LogP contribution in [0.15, 0.2) is 0 Å². The molecule has 0 unspecified atom stereocenters. The van der Waals surface area contributed by atoms with Crippen LogP contribution in [0.1, 0.15) is 32.6 Å². The number of hydrogen-bond acceptors (Lipinski definition) is 2. The highest BCUT2D eigenvalue weighted by atomic mass is 16.3. The van der Waals surface area contributed by atoms with Gasteiger partial charge >= 0.3 is 0 Å². The number of hydrogen-bond donors (Lipinski definition) is 2. The van der Waals surface area contributed by atoms with E-state index in [9.17, 15) is 5.11 Å². The van der Waals surface area contributed by atoms with E-state index < -0.39 is 0 Å².